The van der Waals surface area contributed by atoms with Crippen LogP contribution < -0.4 is 5.32 Å². The number of hydrogen-bond acceptors (Lipinski definition) is 5. The number of carbonyl (C=O) groups is 1. The second kappa shape index (κ2) is 7.00. The van der Waals surface area contributed by atoms with Crippen molar-refractivity contribution in [2.75, 3.05) is 0 Å². The van der Waals surface area contributed by atoms with E-state index in [9.17, 15) is 4.79 Å². The van der Waals surface area contributed by atoms with E-state index in [1.807, 2.05) is 37.4 Å². The van der Waals surface area contributed by atoms with Crippen molar-refractivity contribution in [3.8, 4) is 11.4 Å². The lowest BCUT2D eigenvalue weighted by Gasteiger charge is -2.25. The van der Waals surface area contributed by atoms with Crippen LogP contribution in [0, 0.1) is 6.92 Å². The largest absolute Gasteiger partial charge is 0.344 e. The summed E-state index contributed by atoms with van der Waals surface area (Å²) in [6, 6.07) is 9.18. The highest BCUT2D eigenvalue weighted by Crippen LogP contribution is 2.29. The van der Waals surface area contributed by atoms with Gasteiger partial charge in [-0.15, -0.1) is 0 Å². The lowest BCUT2D eigenvalue weighted by atomic mass is 9.92. The van der Waals surface area contributed by atoms with Gasteiger partial charge < -0.3 is 5.32 Å². The van der Waals surface area contributed by atoms with Crippen LogP contribution in [0.25, 0.3) is 11.4 Å². The molecule has 130 valence electrons. The molecule has 6 nitrogen and oxygen atoms in total. The maximum absolute atomic E-state index is 12.5. The first-order valence-corrected chi connectivity index (χ1v) is 8.71. The van der Waals surface area contributed by atoms with Gasteiger partial charge in [0.2, 0.25) is 0 Å². The third kappa shape index (κ3) is 3.31. The Balaban J connectivity index is 1.58. The highest BCUT2D eigenvalue weighted by molar-refractivity contribution is 5.92. The number of pyridine rings is 2. The van der Waals surface area contributed by atoms with Crippen molar-refractivity contribution in [2.24, 2.45) is 0 Å². The standard InChI is InChI=1S/C20H19N5O/c1-13-5-2-9-18(23-13)20(26)25-17-8-3-7-16-15(17)12-22-19(24-16)14-6-4-10-21-11-14/h2,4-6,9-12,17H,3,7-8H2,1H3,(H,25,26)/t17-/m1/s1. The van der Waals surface area contributed by atoms with Crippen molar-refractivity contribution in [1.29, 1.82) is 0 Å². The zero-order chi connectivity index (χ0) is 17.9. The van der Waals surface area contributed by atoms with Gasteiger partial charge in [0.25, 0.3) is 5.91 Å². The monoisotopic (exact) mass is 345 g/mol. The smallest absolute Gasteiger partial charge is 0.270 e. The van der Waals surface area contributed by atoms with Crippen molar-refractivity contribution >= 4 is 5.91 Å². The summed E-state index contributed by atoms with van der Waals surface area (Å²) in [6.45, 7) is 1.88. The number of rotatable bonds is 3. The second-order valence-corrected chi connectivity index (χ2v) is 6.42. The molecule has 0 spiro atoms. The summed E-state index contributed by atoms with van der Waals surface area (Å²) in [6.07, 6.45) is 8.06. The van der Waals surface area contributed by atoms with E-state index in [1.54, 1.807) is 18.5 Å². The Morgan fingerprint density at radius 3 is 2.88 bits per heavy atom. The molecule has 3 aromatic heterocycles. The fraction of sp³-hybridized carbons (Fsp3) is 0.250. The summed E-state index contributed by atoms with van der Waals surface area (Å²) in [5, 5.41) is 3.08. The Kier molecular flexibility index (Phi) is 4.39. The Labute approximate surface area is 151 Å². The molecule has 1 N–H and O–H groups in total. The molecule has 0 saturated carbocycles. The minimum atomic E-state index is -0.164. The number of nitrogens with zero attached hydrogens (tertiary/aromatic N) is 4. The number of fused-ring (bicyclic) bond motifs is 1. The summed E-state index contributed by atoms with van der Waals surface area (Å²) in [7, 11) is 0. The highest BCUT2D eigenvalue weighted by atomic mass is 16.1. The Bertz CT molecular complexity index is 942. The quantitative estimate of drug-likeness (QED) is 0.789. The fourth-order valence-electron chi connectivity index (χ4n) is 3.23. The van der Waals surface area contributed by atoms with Crippen LogP contribution >= 0.6 is 0 Å². The van der Waals surface area contributed by atoms with Gasteiger partial charge in [-0.25, -0.2) is 15.0 Å². The van der Waals surface area contributed by atoms with E-state index >= 15 is 0 Å². The van der Waals surface area contributed by atoms with Crippen LogP contribution in [0.2, 0.25) is 0 Å². The maximum atomic E-state index is 12.5. The zero-order valence-electron chi connectivity index (χ0n) is 14.5. The molecular weight excluding hydrogens is 326 g/mol. The maximum Gasteiger partial charge on any atom is 0.270 e. The molecule has 26 heavy (non-hydrogen) atoms. The predicted molar refractivity (Wildman–Crippen MR) is 97.4 cm³/mol. The molecule has 0 unspecified atom stereocenters. The SMILES string of the molecule is Cc1cccc(C(=O)N[C@@H]2CCCc3nc(-c4cccnc4)ncc32)n1. The molecule has 0 radical (unpaired) electrons. The van der Waals surface area contributed by atoms with E-state index < -0.39 is 0 Å². The molecule has 0 aliphatic heterocycles. The molecule has 4 rings (SSSR count). The summed E-state index contributed by atoms with van der Waals surface area (Å²) >= 11 is 0. The predicted octanol–water partition coefficient (Wildman–Crippen LogP) is 3.05. The summed E-state index contributed by atoms with van der Waals surface area (Å²) in [5.41, 5.74) is 4.14. The molecule has 0 aromatic carbocycles. The van der Waals surface area contributed by atoms with E-state index in [2.05, 4.69) is 20.3 Å². The van der Waals surface area contributed by atoms with E-state index in [0.29, 0.717) is 11.5 Å². The van der Waals surface area contributed by atoms with Crippen molar-refractivity contribution < 1.29 is 4.79 Å². The van der Waals surface area contributed by atoms with Crippen LogP contribution in [0.1, 0.15) is 46.3 Å². The molecule has 1 aliphatic rings. The summed E-state index contributed by atoms with van der Waals surface area (Å²) in [4.78, 5) is 30.2. The molecule has 0 bridgehead atoms. The van der Waals surface area contributed by atoms with Gasteiger partial charge in [-0.3, -0.25) is 9.78 Å². The topological polar surface area (TPSA) is 80.7 Å². The molecular formula is C20H19N5O. The van der Waals surface area contributed by atoms with Gasteiger partial charge in [0.15, 0.2) is 5.82 Å². The lowest BCUT2D eigenvalue weighted by molar-refractivity contribution is 0.0927. The average molecular weight is 345 g/mol. The van der Waals surface area contributed by atoms with Crippen LogP contribution in [0.15, 0.2) is 48.9 Å². The summed E-state index contributed by atoms with van der Waals surface area (Å²) < 4.78 is 0. The van der Waals surface area contributed by atoms with E-state index in [4.69, 9.17) is 4.98 Å². The van der Waals surface area contributed by atoms with Crippen LogP contribution in [-0.4, -0.2) is 25.8 Å². The normalized spacial score (nSPS) is 16.0. The Hall–Kier alpha value is -3.15. The number of hydrogen-bond donors (Lipinski definition) is 1. The van der Waals surface area contributed by atoms with E-state index in [1.165, 1.54) is 0 Å². The molecule has 1 atom stereocenters. The lowest BCUT2D eigenvalue weighted by Crippen LogP contribution is -2.32. The first-order chi connectivity index (χ1) is 12.7. The van der Waals surface area contributed by atoms with Gasteiger partial charge >= 0.3 is 0 Å². The third-order valence-corrected chi connectivity index (χ3v) is 4.53. The molecule has 3 aromatic rings. The van der Waals surface area contributed by atoms with Crippen LogP contribution in [0.3, 0.4) is 0 Å². The first-order valence-electron chi connectivity index (χ1n) is 8.71. The van der Waals surface area contributed by atoms with Gasteiger partial charge in [0.05, 0.1) is 6.04 Å². The van der Waals surface area contributed by atoms with Gasteiger partial charge in [-0.2, -0.15) is 0 Å². The summed E-state index contributed by atoms with van der Waals surface area (Å²) in [5.74, 6) is 0.507. The number of aromatic nitrogens is 4. The second-order valence-electron chi connectivity index (χ2n) is 6.42. The highest BCUT2D eigenvalue weighted by Gasteiger charge is 2.24. The molecule has 0 fully saturated rings. The van der Waals surface area contributed by atoms with Gasteiger partial charge in [-0.1, -0.05) is 6.07 Å². The van der Waals surface area contributed by atoms with E-state index in [0.717, 1.165) is 41.8 Å². The molecule has 1 amide bonds. The third-order valence-electron chi connectivity index (χ3n) is 4.53. The Morgan fingerprint density at radius 2 is 2.08 bits per heavy atom. The minimum absolute atomic E-state index is 0.0866. The van der Waals surface area contributed by atoms with Crippen molar-refractivity contribution in [2.45, 2.75) is 32.2 Å². The Morgan fingerprint density at radius 1 is 1.15 bits per heavy atom. The van der Waals surface area contributed by atoms with Gasteiger partial charge in [0, 0.05) is 41.1 Å². The van der Waals surface area contributed by atoms with Crippen molar-refractivity contribution in [3.05, 3.63) is 71.6 Å². The van der Waals surface area contributed by atoms with Crippen molar-refractivity contribution in [3.63, 3.8) is 0 Å². The van der Waals surface area contributed by atoms with Crippen LogP contribution in [0.5, 0.6) is 0 Å². The number of amides is 1. The van der Waals surface area contributed by atoms with E-state index in [-0.39, 0.29) is 11.9 Å². The average Bonchev–Trinajstić information content (AvgIpc) is 2.68. The van der Waals surface area contributed by atoms with Crippen LogP contribution in [0.4, 0.5) is 0 Å². The minimum Gasteiger partial charge on any atom is -0.344 e. The number of carbonyl (C=O) groups excluding carboxylic acids is 1. The molecule has 6 heteroatoms. The number of nitrogens with one attached hydrogen (secondary N) is 1. The molecule has 3 heterocycles. The molecule has 1 aliphatic carbocycles. The van der Waals surface area contributed by atoms with Gasteiger partial charge in [0.1, 0.15) is 5.69 Å². The molecule has 0 saturated heterocycles. The zero-order valence-corrected chi connectivity index (χ0v) is 14.5. The number of aryl methyl sites for hydroxylation is 2. The fourth-order valence-corrected chi connectivity index (χ4v) is 3.23. The first kappa shape index (κ1) is 16.3. The van der Waals surface area contributed by atoms with Gasteiger partial charge in [-0.05, 0) is 50.5 Å². The van der Waals surface area contributed by atoms with Crippen LogP contribution in [-0.2, 0) is 6.42 Å². The van der Waals surface area contributed by atoms with Crippen molar-refractivity contribution in [1.82, 2.24) is 25.3 Å².